The maximum atomic E-state index is 12.7. The Bertz CT molecular complexity index is 1210. The molecule has 0 saturated carbocycles. The summed E-state index contributed by atoms with van der Waals surface area (Å²) in [5.41, 5.74) is 3.85. The molecule has 0 amide bonds. The lowest BCUT2D eigenvalue weighted by molar-refractivity contribution is 0.0989. The van der Waals surface area contributed by atoms with Crippen molar-refractivity contribution < 1.29 is 14.3 Å². The lowest BCUT2D eigenvalue weighted by Gasteiger charge is -2.19. The third-order valence-corrected chi connectivity index (χ3v) is 5.28. The van der Waals surface area contributed by atoms with E-state index in [1.807, 2.05) is 72.8 Å². The highest BCUT2D eigenvalue weighted by Crippen LogP contribution is 2.32. The summed E-state index contributed by atoms with van der Waals surface area (Å²) < 4.78 is 6.18. The number of hydrogen-bond acceptors (Lipinski definition) is 3. The van der Waals surface area contributed by atoms with Crippen LogP contribution in [0, 0.1) is 0 Å². The quantitative estimate of drug-likeness (QED) is 0.397. The normalized spacial score (nSPS) is 15.1. The number of ketones is 2. The van der Waals surface area contributed by atoms with Crippen molar-refractivity contribution in [3.05, 3.63) is 143 Å². The second-order valence-electron chi connectivity index (χ2n) is 7.30. The number of carbonyl (C=O) groups excluding carboxylic acids is 2. The Morgan fingerprint density at radius 1 is 0.548 bits per heavy atom. The molecular weight excluding hydrogens is 384 g/mol. The zero-order valence-electron chi connectivity index (χ0n) is 16.6. The summed E-state index contributed by atoms with van der Waals surface area (Å²) in [5.74, 6) is 0.950. The molecule has 31 heavy (non-hydrogen) atoms. The van der Waals surface area contributed by atoms with Gasteiger partial charge in [0.2, 0.25) is 0 Å². The number of ether oxygens (including phenoxy) is 1. The van der Waals surface area contributed by atoms with E-state index in [9.17, 15) is 9.59 Å². The number of fused-ring (bicyclic) bond motifs is 1. The van der Waals surface area contributed by atoms with Gasteiger partial charge in [-0.15, -0.1) is 0 Å². The molecule has 2 aliphatic rings. The summed E-state index contributed by atoms with van der Waals surface area (Å²) in [7, 11) is 0. The SMILES string of the molecule is O=C1C(=CC=C2C=C(c3ccccc3)OC(c3ccccc3)=C2)C(=O)c2ccccc21. The lowest BCUT2D eigenvalue weighted by atomic mass is 10.0. The highest BCUT2D eigenvalue weighted by molar-refractivity contribution is 6.39. The predicted molar refractivity (Wildman–Crippen MR) is 121 cm³/mol. The van der Waals surface area contributed by atoms with Gasteiger partial charge in [-0.05, 0) is 23.8 Å². The Kier molecular flexibility index (Phi) is 4.77. The van der Waals surface area contributed by atoms with Crippen molar-refractivity contribution in [1.29, 1.82) is 0 Å². The van der Waals surface area contributed by atoms with Crippen LogP contribution < -0.4 is 0 Å². The van der Waals surface area contributed by atoms with Gasteiger partial charge in [0.15, 0.2) is 11.6 Å². The van der Waals surface area contributed by atoms with E-state index in [-0.39, 0.29) is 17.1 Å². The summed E-state index contributed by atoms with van der Waals surface area (Å²) in [6.45, 7) is 0. The summed E-state index contributed by atoms with van der Waals surface area (Å²) in [6.07, 6.45) is 7.24. The van der Waals surface area contributed by atoms with Crippen LogP contribution in [0.5, 0.6) is 0 Å². The molecule has 5 rings (SSSR count). The second kappa shape index (κ2) is 7.88. The van der Waals surface area contributed by atoms with Crippen molar-refractivity contribution in [1.82, 2.24) is 0 Å². The number of allylic oxidation sites excluding steroid dienone is 6. The summed E-state index contributed by atoms with van der Waals surface area (Å²) >= 11 is 0. The van der Waals surface area contributed by atoms with Gasteiger partial charge in [-0.1, -0.05) is 91.0 Å². The van der Waals surface area contributed by atoms with Crippen LogP contribution in [0.2, 0.25) is 0 Å². The van der Waals surface area contributed by atoms with E-state index in [1.54, 1.807) is 36.4 Å². The van der Waals surface area contributed by atoms with Crippen molar-refractivity contribution in [2.75, 3.05) is 0 Å². The Balaban J connectivity index is 1.56. The van der Waals surface area contributed by atoms with Gasteiger partial charge in [0, 0.05) is 22.3 Å². The van der Waals surface area contributed by atoms with E-state index in [4.69, 9.17) is 4.74 Å². The van der Waals surface area contributed by atoms with E-state index in [0.29, 0.717) is 22.6 Å². The molecule has 3 nitrogen and oxygen atoms in total. The number of Topliss-reactive ketones (excluding diaryl/α,β-unsaturated/α-hetero) is 2. The van der Waals surface area contributed by atoms with E-state index in [1.165, 1.54) is 0 Å². The van der Waals surface area contributed by atoms with Gasteiger partial charge in [0.1, 0.15) is 11.5 Å². The first kappa shape index (κ1) is 18.8. The molecular formula is C28H18O3. The maximum Gasteiger partial charge on any atom is 0.197 e. The van der Waals surface area contributed by atoms with E-state index in [2.05, 4.69) is 0 Å². The van der Waals surface area contributed by atoms with Crippen LogP contribution in [-0.4, -0.2) is 11.6 Å². The largest absolute Gasteiger partial charge is 0.456 e. The van der Waals surface area contributed by atoms with Crippen LogP contribution in [0.1, 0.15) is 31.8 Å². The predicted octanol–water partition coefficient (Wildman–Crippen LogP) is 6.03. The number of hydrogen-bond donors (Lipinski definition) is 0. The van der Waals surface area contributed by atoms with E-state index < -0.39 is 0 Å². The Labute approximate surface area is 180 Å². The Hall–Kier alpha value is -4.24. The fourth-order valence-electron chi connectivity index (χ4n) is 3.71. The van der Waals surface area contributed by atoms with Crippen LogP contribution in [0.3, 0.4) is 0 Å². The molecule has 0 saturated heterocycles. The molecule has 3 aromatic rings. The Morgan fingerprint density at radius 3 is 1.48 bits per heavy atom. The smallest absolute Gasteiger partial charge is 0.197 e. The lowest BCUT2D eigenvalue weighted by Crippen LogP contribution is -2.01. The summed E-state index contributed by atoms with van der Waals surface area (Å²) in [4.78, 5) is 25.4. The Morgan fingerprint density at radius 2 is 1.00 bits per heavy atom. The monoisotopic (exact) mass is 402 g/mol. The van der Waals surface area contributed by atoms with Gasteiger partial charge in [-0.2, -0.15) is 0 Å². The van der Waals surface area contributed by atoms with Crippen LogP contribution in [0.25, 0.3) is 11.5 Å². The molecule has 1 aliphatic heterocycles. The van der Waals surface area contributed by atoms with Crippen LogP contribution in [0.15, 0.2) is 120 Å². The van der Waals surface area contributed by atoms with Crippen molar-refractivity contribution >= 4 is 23.1 Å². The second-order valence-corrected chi connectivity index (χ2v) is 7.30. The van der Waals surface area contributed by atoms with Gasteiger partial charge < -0.3 is 4.74 Å². The van der Waals surface area contributed by atoms with Gasteiger partial charge >= 0.3 is 0 Å². The standard InChI is InChI=1S/C28H18O3/c29-27-22-13-7-8-14-23(22)28(30)24(27)16-15-19-17-25(20-9-3-1-4-10-20)31-26(18-19)21-11-5-2-6-12-21/h1-18H. The van der Waals surface area contributed by atoms with Gasteiger partial charge in [-0.3, -0.25) is 9.59 Å². The van der Waals surface area contributed by atoms with Gasteiger partial charge in [0.25, 0.3) is 0 Å². The van der Waals surface area contributed by atoms with Crippen molar-refractivity contribution in [3.63, 3.8) is 0 Å². The molecule has 0 aromatic heterocycles. The molecule has 0 atom stereocenters. The highest BCUT2D eigenvalue weighted by Gasteiger charge is 2.32. The number of benzene rings is 3. The zero-order chi connectivity index (χ0) is 21.2. The first-order valence-electron chi connectivity index (χ1n) is 10.0. The topological polar surface area (TPSA) is 43.4 Å². The maximum absolute atomic E-state index is 12.7. The first-order chi connectivity index (χ1) is 15.2. The molecule has 3 heteroatoms. The molecule has 148 valence electrons. The van der Waals surface area contributed by atoms with Crippen LogP contribution >= 0.6 is 0 Å². The average Bonchev–Trinajstić information content (AvgIpc) is 3.08. The number of carbonyl (C=O) groups is 2. The van der Waals surface area contributed by atoms with Crippen LogP contribution in [0.4, 0.5) is 0 Å². The van der Waals surface area contributed by atoms with Crippen molar-refractivity contribution in [3.8, 4) is 0 Å². The number of rotatable bonds is 3. The van der Waals surface area contributed by atoms with Crippen LogP contribution in [-0.2, 0) is 4.74 Å². The molecule has 0 radical (unpaired) electrons. The molecule has 0 bridgehead atoms. The molecule has 1 aliphatic carbocycles. The van der Waals surface area contributed by atoms with Crippen molar-refractivity contribution in [2.24, 2.45) is 0 Å². The molecule has 0 N–H and O–H groups in total. The summed E-state index contributed by atoms with van der Waals surface area (Å²) in [5, 5.41) is 0. The first-order valence-corrected chi connectivity index (χ1v) is 10.0. The molecule has 0 fully saturated rings. The van der Waals surface area contributed by atoms with Crippen molar-refractivity contribution in [2.45, 2.75) is 0 Å². The highest BCUT2D eigenvalue weighted by atomic mass is 16.5. The van der Waals surface area contributed by atoms with Gasteiger partial charge in [-0.25, -0.2) is 0 Å². The molecule has 1 heterocycles. The molecule has 3 aromatic carbocycles. The van der Waals surface area contributed by atoms with E-state index in [0.717, 1.165) is 16.7 Å². The third kappa shape index (κ3) is 3.58. The molecule has 0 unspecified atom stereocenters. The van der Waals surface area contributed by atoms with E-state index >= 15 is 0 Å². The third-order valence-electron chi connectivity index (χ3n) is 5.28. The summed E-state index contributed by atoms with van der Waals surface area (Å²) in [6, 6.07) is 26.6. The minimum atomic E-state index is -0.232. The fourth-order valence-corrected chi connectivity index (χ4v) is 3.71. The zero-order valence-corrected chi connectivity index (χ0v) is 16.6. The minimum Gasteiger partial charge on any atom is -0.456 e. The molecule has 0 spiro atoms. The fraction of sp³-hybridized carbons (Fsp3) is 0. The van der Waals surface area contributed by atoms with Gasteiger partial charge in [0.05, 0.1) is 5.57 Å². The minimum absolute atomic E-state index is 0.185. The average molecular weight is 402 g/mol.